The highest BCUT2D eigenvalue weighted by molar-refractivity contribution is 7.85. The van der Waals surface area contributed by atoms with Gasteiger partial charge >= 0.3 is 6.18 Å². The Labute approximate surface area is 150 Å². The predicted octanol–water partition coefficient (Wildman–Crippen LogP) is 4.76. The van der Waals surface area contributed by atoms with Gasteiger partial charge in [-0.15, -0.1) is 0 Å². The highest BCUT2D eigenvalue weighted by Gasteiger charge is 2.36. The molecule has 10 heteroatoms. The van der Waals surface area contributed by atoms with E-state index in [2.05, 4.69) is 5.32 Å². The maximum Gasteiger partial charge on any atom is 0.418 e. The van der Waals surface area contributed by atoms with Crippen LogP contribution in [0.3, 0.4) is 0 Å². The van der Waals surface area contributed by atoms with Crippen LogP contribution in [0.4, 0.5) is 24.5 Å². The van der Waals surface area contributed by atoms with Crippen molar-refractivity contribution in [3.8, 4) is 0 Å². The lowest BCUT2D eigenvalue weighted by molar-refractivity contribution is -0.384. The lowest BCUT2D eigenvalue weighted by Gasteiger charge is -2.29. The summed E-state index contributed by atoms with van der Waals surface area (Å²) < 4.78 is 50.7. The lowest BCUT2D eigenvalue weighted by atomic mass is 9.94. The number of alkyl halides is 3. The van der Waals surface area contributed by atoms with Crippen LogP contribution < -0.4 is 5.32 Å². The highest BCUT2D eigenvalue weighted by Crippen LogP contribution is 2.41. The van der Waals surface area contributed by atoms with Gasteiger partial charge in [-0.05, 0) is 25.3 Å². The van der Waals surface area contributed by atoms with Crippen molar-refractivity contribution in [1.29, 1.82) is 0 Å². The Morgan fingerprint density at radius 2 is 2.08 bits per heavy atom. The normalized spacial score (nSPS) is 22.4. The first-order valence-corrected chi connectivity index (χ1v) is 9.58. The molecule has 0 aromatic heterocycles. The van der Waals surface area contributed by atoms with E-state index in [0.717, 1.165) is 18.9 Å². The van der Waals surface area contributed by atoms with Crippen LogP contribution in [0.25, 0.3) is 0 Å². The Bertz CT molecular complexity index is 685. The number of benzene rings is 1. The summed E-state index contributed by atoms with van der Waals surface area (Å²) in [5, 5.41) is 13.5. The fourth-order valence-corrected chi connectivity index (χ4v) is 4.63. The van der Waals surface area contributed by atoms with Gasteiger partial charge in [0.05, 0.1) is 15.5 Å². The largest absolute Gasteiger partial charge is 0.418 e. The van der Waals surface area contributed by atoms with E-state index in [0.29, 0.717) is 24.7 Å². The fourth-order valence-electron chi connectivity index (χ4n) is 3.02. The molecule has 1 fully saturated rings. The average Bonchev–Trinajstić information content (AvgIpc) is 2.53. The molecule has 2 rings (SSSR count). The number of nitro benzene ring substituents is 1. The summed E-state index contributed by atoms with van der Waals surface area (Å²) in [5.41, 5.74) is -1.95. The zero-order valence-corrected chi connectivity index (χ0v) is 15.0. The van der Waals surface area contributed by atoms with Crippen molar-refractivity contribution in [1.82, 2.24) is 0 Å². The van der Waals surface area contributed by atoms with Gasteiger partial charge in [0.15, 0.2) is 0 Å². The van der Waals surface area contributed by atoms with Gasteiger partial charge in [0.25, 0.3) is 5.69 Å². The van der Waals surface area contributed by atoms with E-state index < -0.39 is 38.2 Å². The van der Waals surface area contributed by atoms with Gasteiger partial charge in [-0.2, -0.15) is 13.2 Å². The third-order valence-electron chi connectivity index (χ3n) is 4.23. The van der Waals surface area contributed by atoms with E-state index in [4.69, 9.17) is 11.6 Å². The summed E-state index contributed by atoms with van der Waals surface area (Å²) in [7, 11) is -0.975. The van der Waals surface area contributed by atoms with Crippen molar-refractivity contribution >= 4 is 33.8 Å². The van der Waals surface area contributed by atoms with Gasteiger partial charge in [0, 0.05) is 33.9 Å². The van der Waals surface area contributed by atoms with Gasteiger partial charge in [-0.3, -0.25) is 14.3 Å². The zero-order valence-electron chi connectivity index (χ0n) is 13.4. The molecular formula is C15H18ClF3N2O3S. The first-order valence-electron chi connectivity index (χ1n) is 7.82. The van der Waals surface area contributed by atoms with Crippen molar-refractivity contribution in [3.63, 3.8) is 0 Å². The number of anilines is 1. The molecule has 3 atom stereocenters. The first-order chi connectivity index (χ1) is 11.6. The van der Waals surface area contributed by atoms with Crippen LogP contribution in [0.5, 0.6) is 0 Å². The minimum atomic E-state index is -4.77. The third-order valence-corrected chi connectivity index (χ3v) is 6.28. The van der Waals surface area contributed by atoms with Gasteiger partial charge in [0.1, 0.15) is 5.69 Å². The van der Waals surface area contributed by atoms with Gasteiger partial charge in [-0.1, -0.05) is 24.9 Å². The molecule has 0 spiro atoms. The van der Waals surface area contributed by atoms with E-state index in [1.165, 1.54) is 0 Å². The predicted molar refractivity (Wildman–Crippen MR) is 91.5 cm³/mol. The van der Waals surface area contributed by atoms with E-state index in [-0.39, 0.29) is 17.0 Å². The molecule has 0 heterocycles. The van der Waals surface area contributed by atoms with Crippen LogP contribution >= 0.6 is 11.6 Å². The standard InChI is InChI=1S/C15H18ClF3N2O3S/c1-2-25(24)10-5-3-4-9(6-10)20-13-8-12(16)11(15(17,18)19)7-14(13)21(22)23/h7-10,20H,2-6H2,1H3. The number of nitro groups is 1. The molecule has 1 aliphatic rings. The minimum Gasteiger partial charge on any atom is -0.377 e. The highest BCUT2D eigenvalue weighted by atomic mass is 35.5. The Kier molecular flexibility index (Phi) is 6.31. The molecule has 0 aliphatic heterocycles. The molecule has 3 unspecified atom stereocenters. The third kappa shape index (κ3) is 4.84. The number of hydrogen-bond acceptors (Lipinski definition) is 4. The number of hydrogen-bond donors (Lipinski definition) is 1. The van der Waals surface area contributed by atoms with Crippen LogP contribution in [0, 0.1) is 10.1 Å². The number of halogens is 4. The molecule has 140 valence electrons. The molecular weight excluding hydrogens is 381 g/mol. The van der Waals surface area contributed by atoms with E-state index in [1.807, 2.05) is 6.92 Å². The van der Waals surface area contributed by atoms with Gasteiger partial charge in [-0.25, -0.2) is 0 Å². The molecule has 1 N–H and O–H groups in total. The minimum absolute atomic E-state index is 0.0137. The number of nitrogens with one attached hydrogen (secondary N) is 1. The SMILES string of the molecule is CCS(=O)C1CCCC(Nc2cc(Cl)c(C(F)(F)F)cc2[N+](=O)[O-])C1. The van der Waals surface area contributed by atoms with Crippen LogP contribution in [-0.2, 0) is 17.0 Å². The summed E-state index contributed by atoms with van der Waals surface area (Å²) >= 11 is 5.68. The van der Waals surface area contributed by atoms with E-state index in [1.54, 1.807) is 0 Å². The first kappa shape index (κ1) is 20.0. The summed E-state index contributed by atoms with van der Waals surface area (Å²) in [6, 6.07) is 1.21. The molecule has 0 bridgehead atoms. The molecule has 0 radical (unpaired) electrons. The molecule has 1 aromatic rings. The number of rotatable bonds is 5. The van der Waals surface area contributed by atoms with Crippen molar-refractivity contribution in [2.75, 3.05) is 11.1 Å². The van der Waals surface area contributed by atoms with Gasteiger partial charge in [0.2, 0.25) is 0 Å². The second-order valence-electron chi connectivity index (χ2n) is 5.90. The topological polar surface area (TPSA) is 72.2 Å². The molecule has 25 heavy (non-hydrogen) atoms. The Morgan fingerprint density at radius 3 is 2.64 bits per heavy atom. The maximum absolute atomic E-state index is 12.9. The lowest BCUT2D eigenvalue weighted by Crippen LogP contribution is -2.33. The summed E-state index contributed by atoms with van der Waals surface area (Å²) in [6.07, 6.45) is -1.90. The number of nitrogens with zero attached hydrogens (tertiary/aromatic N) is 1. The van der Waals surface area contributed by atoms with Crippen LogP contribution in [0.15, 0.2) is 12.1 Å². The molecule has 1 aliphatic carbocycles. The van der Waals surface area contributed by atoms with Crippen LogP contribution in [0.1, 0.15) is 38.2 Å². The smallest absolute Gasteiger partial charge is 0.377 e. The Hall–Kier alpha value is -1.35. The van der Waals surface area contributed by atoms with Crippen LogP contribution in [-0.4, -0.2) is 26.2 Å². The van der Waals surface area contributed by atoms with E-state index >= 15 is 0 Å². The van der Waals surface area contributed by atoms with Crippen molar-refractivity contribution in [2.24, 2.45) is 0 Å². The molecule has 1 aromatic carbocycles. The maximum atomic E-state index is 12.9. The summed E-state index contributed by atoms with van der Waals surface area (Å²) in [6.45, 7) is 1.83. The molecule has 0 saturated heterocycles. The fraction of sp³-hybridized carbons (Fsp3) is 0.600. The Balaban J connectivity index is 2.28. The molecule has 5 nitrogen and oxygen atoms in total. The van der Waals surface area contributed by atoms with Gasteiger partial charge < -0.3 is 5.32 Å². The van der Waals surface area contributed by atoms with Crippen LogP contribution in [0.2, 0.25) is 5.02 Å². The molecule has 1 saturated carbocycles. The second-order valence-corrected chi connectivity index (χ2v) is 8.32. The monoisotopic (exact) mass is 398 g/mol. The van der Waals surface area contributed by atoms with E-state index in [9.17, 15) is 27.5 Å². The van der Waals surface area contributed by atoms with Crippen molar-refractivity contribution in [2.45, 2.75) is 50.1 Å². The second kappa shape index (κ2) is 7.90. The zero-order chi connectivity index (χ0) is 18.8. The van der Waals surface area contributed by atoms with Crippen molar-refractivity contribution in [3.05, 3.63) is 32.8 Å². The van der Waals surface area contributed by atoms with Crippen molar-refractivity contribution < 1.29 is 22.3 Å². The molecule has 0 amide bonds. The quantitative estimate of drug-likeness (QED) is 0.573. The Morgan fingerprint density at radius 1 is 1.40 bits per heavy atom. The summed E-state index contributed by atoms with van der Waals surface area (Å²) in [4.78, 5) is 10.3. The summed E-state index contributed by atoms with van der Waals surface area (Å²) in [5.74, 6) is 0.531. The average molecular weight is 399 g/mol.